The number of amides is 2. The van der Waals surface area contributed by atoms with Gasteiger partial charge in [0.05, 0.1) is 17.2 Å². The van der Waals surface area contributed by atoms with Gasteiger partial charge in [-0.15, -0.1) is 11.3 Å². The number of carboxylic acids is 1. The number of hydrogen-bond donors (Lipinski definition) is 6. The molecule has 2 aliphatic heterocycles. The van der Waals surface area contributed by atoms with Crippen LogP contribution in [0.5, 0.6) is 0 Å². The fourth-order valence-corrected chi connectivity index (χ4v) is 8.08. The van der Waals surface area contributed by atoms with Crippen LogP contribution in [-0.2, 0) is 24.4 Å². The Kier molecular flexibility index (Phi) is 12.8. The summed E-state index contributed by atoms with van der Waals surface area (Å²) in [5, 5.41) is 22.0. The van der Waals surface area contributed by atoms with E-state index in [-0.39, 0.29) is 28.3 Å². The summed E-state index contributed by atoms with van der Waals surface area (Å²) >= 11 is 0.944. The van der Waals surface area contributed by atoms with E-state index in [0.717, 1.165) is 88.9 Å². The number of piperidine rings is 2. The molecule has 0 bridgehead atoms. The lowest BCUT2D eigenvalue weighted by Crippen LogP contribution is -2.50. The minimum atomic E-state index is -4.13. The molecular formula is C26H44N6O6S2. The molecule has 3 heterocycles. The quantitative estimate of drug-likeness (QED) is 0.171. The maximum absolute atomic E-state index is 13.1. The summed E-state index contributed by atoms with van der Waals surface area (Å²) in [6.07, 6.45) is 7.98. The van der Waals surface area contributed by atoms with E-state index in [1.165, 1.54) is 6.92 Å². The van der Waals surface area contributed by atoms with Crippen molar-refractivity contribution in [1.29, 1.82) is 0 Å². The molecule has 12 nitrogen and oxygen atoms in total. The minimum Gasteiger partial charge on any atom is -0.480 e. The van der Waals surface area contributed by atoms with Gasteiger partial charge in [-0.25, -0.2) is 13.4 Å². The van der Waals surface area contributed by atoms with Crippen LogP contribution in [0.25, 0.3) is 0 Å². The number of nitrogens with zero attached hydrogens (tertiary/aromatic N) is 1. The predicted molar refractivity (Wildman–Crippen MR) is 152 cm³/mol. The van der Waals surface area contributed by atoms with E-state index in [1.807, 2.05) is 0 Å². The Labute approximate surface area is 240 Å². The predicted octanol–water partition coefficient (Wildman–Crippen LogP) is 0.900. The van der Waals surface area contributed by atoms with Crippen molar-refractivity contribution in [3.05, 3.63) is 10.7 Å². The van der Waals surface area contributed by atoms with Gasteiger partial charge in [-0.1, -0.05) is 0 Å². The van der Waals surface area contributed by atoms with Crippen LogP contribution in [0.3, 0.4) is 0 Å². The van der Waals surface area contributed by atoms with Gasteiger partial charge in [-0.05, 0) is 103 Å². The summed E-state index contributed by atoms with van der Waals surface area (Å²) in [5.74, 6) is -1.14. The molecule has 0 saturated carbocycles. The third-order valence-electron chi connectivity index (χ3n) is 7.76. The summed E-state index contributed by atoms with van der Waals surface area (Å²) in [4.78, 5) is 41.4. The second-order valence-corrected chi connectivity index (χ2v) is 14.0. The molecule has 1 aromatic heterocycles. The second-order valence-electron chi connectivity index (χ2n) is 10.9. The molecule has 6 N–H and O–H groups in total. The topological polar surface area (TPSA) is 179 Å². The largest absolute Gasteiger partial charge is 0.480 e. The number of carbonyl (C=O) groups is 3. The van der Waals surface area contributed by atoms with Crippen LogP contribution in [0, 0.1) is 31.6 Å². The Hall–Kier alpha value is -2.13. The van der Waals surface area contributed by atoms with Crippen molar-refractivity contribution < 1.29 is 27.9 Å². The van der Waals surface area contributed by atoms with E-state index in [4.69, 9.17) is 0 Å². The van der Waals surface area contributed by atoms with E-state index in [1.54, 1.807) is 6.92 Å². The normalized spacial score (nSPS) is 18.0. The molecule has 2 fully saturated rings. The molecule has 0 aliphatic carbocycles. The number of nitrogens with one attached hydrogen (secondary N) is 5. The van der Waals surface area contributed by atoms with Crippen molar-refractivity contribution >= 4 is 39.1 Å². The second kappa shape index (κ2) is 15.8. The van der Waals surface area contributed by atoms with Gasteiger partial charge in [0.2, 0.25) is 11.8 Å². The van der Waals surface area contributed by atoms with Crippen LogP contribution < -0.4 is 26.0 Å². The van der Waals surface area contributed by atoms with Crippen molar-refractivity contribution in [3.63, 3.8) is 0 Å². The Morgan fingerprint density at radius 1 is 0.975 bits per heavy atom. The third kappa shape index (κ3) is 10.4. The van der Waals surface area contributed by atoms with Gasteiger partial charge in [0.1, 0.15) is 6.04 Å². The summed E-state index contributed by atoms with van der Waals surface area (Å²) in [7, 11) is -4.13. The number of carboxylic acid groups (broad SMARTS) is 1. The zero-order valence-corrected chi connectivity index (χ0v) is 25.1. The third-order valence-corrected chi connectivity index (χ3v) is 10.9. The zero-order valence-electron chi connectivity index (χ0n) is 23.5. The summed E-state index contributed by atoms with van der Waals surface area (Å²) in [5.41, 5.74) is 0.278. The van der Waals surface area contributed by atoms with Gasteiger partial charge < -0.3 is 26.4 Å². The maximum Gasteiger partial charge on any atom is 0.323 e. The van der Waals surface area contributed by atoms with Crippen LogP contribution in [-0.4, -0.2) is 81.6 Å². The van der Waals surface area contributed by atoms with Gasteiger partial charge in [0.25, 0.3) is 10.0 Å². The van der Waals surface area contributed by atoms with Gasteiger partial charge >= 0.3 is 5.97 Å². The number of rotatable bonds is 15. The number of sulfonamides is 1. The number of aliphatic carboxylic acids is 1. The van der Waals surface area contributed by atoms with E-state index in [0.29, 0.717) is 16.8 Å². The van der Waals surface area contributed by atoms with Crippen molar-refractivity contribution in [1.82, 2.24) is 31.0 Å². The highest BCUT2D eigenvalue weighted by atomic mass is 32.2. The van der Waals surface area contributed by atoms with Crippen molar-refractivity contribution in [3.8, 4) is 0 Å². The molecule has 0 aromatic carbocycles. The molecule has 1 unspecified atom stereocenters. The fourth-order valence-electron chi connectivity index (χ4n) is 5.39. The smallest absolute Gasteiger partial charge is 0.323 e. The molecular weight excluding hydrogens is 556 g/mol. The van der Waals surface area contributed by atoms with Crippen LogP contribution in [0.2, 0.25) is 0 Å². The lowest BCUT2D eigenvalue weighted by Gasteiger charge is -2.27. The molecule has 0 spiro atoms. The van der Waals surface area contributed by atoms with Gasteiger partial charge in [0.15, 0.2) is 4.21 Å². The Bertz CT molecular complexity index is 1080. The van der Waals surface area contributed by atoms with Crippen molar-refractivity contribution in [2.45, 2.75) is 75.5 Å². The minimum absolute atomic E-state index is 0.0603. The van der Waals surface area contributed by atoms with Gasteiger partial charge in [-0.2, -0.15) is 4.72 Å². The summed E-state index contributed by atoms with van der Waals surface area (Å²) in [6.45, 7) is 6.45. The number of aromatic nitrogens is 1. The summed E-state index contributed by atoms with van der Waals surface area (Å²) in [6, 6.07) is -1.57. The first kappa shape index (κ1) is 32.4. The molecule has 0 radical (unpaired) electrons. The van der Waals surface area contributed by atoms with E-state index >= 15 is 0 Å². The highest BCUT2D eigenvalue weighted by molar-refractivity contribution is 7.91. The number of carbonyl (C=O) groups excluding carboxylic acids is 2. The standard InChI is InChI=1S/C26H44N6O6S2/c1-17-26(39-18(2)31-17)40(37,38)32-22(25(35)36)15-29-23(33)16-30-24(34)21(5-3-19-7-11-27-12-8-19)6-4-20-9-13-28-14-10-20/h19-22,27-28,32H,3-16H2,1-2H3,(H,29,33)(H,30,34)(H,35,36). The average molecular weight is 601 g/mol. The maximum atomic E-state index is 13.1. The van der Waals surface area contributed by atoms with Crippen molar-refractivity contribution in [2.24, 2.45) is 17.8 Å². The molecule has 40 heavy (non-hydrogen) atoms. The molecule has 3 rings (SSSR count). The van der Waals surface area contributed by atoms with Crippen LogP contribution >= 0.6 is 11.3 Å². The SMILES string of the molecule is Cc1nc(C)c(S(=O)(=O)NC(CNC(=O)CNC(=O)C(CCC2CCNCC2)CCC2CCNCC2)C(=O)O)s1. The molecule has 2 aliphatic rings. The van der Waals surface area contributed by atoms with E-state index in [9.17, 15) is 27.9 Å². The molecule has 2 saturated heterocycles. The van der Waals surface area contributed by atoms with Crippen molar-refractivity contribution in [2.75, 3.05) is 39.3 Å². The first-order valence-electron chi connectivity index (χ1n) is 14.2. The lowest BCUT2D eigenvalue weighted by molar-refractivity contribution is -0.139. The molecule has 226 valence electrons. The first-order valence-corrected chi connectivity index (χ1v) is 16.5. The van der Waals surface area contributed by atoms with Crippen LogP contribution in [0.4, 0.5) is 0 Å². The highest BCUT2D eigenvalue weighted by Crippen LogP contribution is 2.27. The molecule has 1 atom stereocenters. The molecule has 1 aromatic rings. The van der Waals surface area contributed by atoms with Crippen LogP contribution in [0.1, 0.15) is 62.1 Å². The average Bonchev–Trinajstić information content (AvgIpc) is 3.29. The highest BCUT2D eigenvalue weighted by Gasteiger charge is 2.29. The van der Waals surface area contributed by atoms with Gasteiger partial charge in [-0.3, -0.25) is 14.4 Å². The summed E-state index contributed by atoms with van der Waals surface area (Å²) < 4.78 is 27.4. The first-order chi connectivity index (χ1) is 19.0. The number of thiazole rings is 1. The number of aryl methyl sites for hydroxylation is 2. The van der Waals surface area contributed by atoms with Crippen LogP contribution in [0.15, 0.2) is 4.21 Å². The monoisotopic (exact) mass is 600 g/mol. The van der Waals surface area contributed by atoms with Gasteiger partial charge in [0, 0.05) is 12.5 Å². The Morgan fingerprint density at radius 2 is 1.52 bits per heavy atom. The molecule has 14 heteroatoms. The Balaban J connectivity index is 1.49. The number of hydrogen-bond acceptors (Lipinski definition) is 9. The fraction of sp³-hybridized carbons (Fsp3) is 0.769. The lowest BCUT2D eigenvalue weighted by atomic mass is 9.84. The van der Waals surface area contributed by atoms with E-state index < -0.39 is 34.5 Å². The Morgan fingerprint density at radius 3 is 2.00 bits per heavy atom. The van der Waals surface area contributed by atoms with E-state index in [2.05, 4.69) is 31.0 Å². The molecule has 2 amide bonds. The zero-order chi connectivity index (χ0) is 29.1.